The minimum Gasteiger partial charge on any atom is -0.396 e. The Hall–Kier alpha value is -2.03. The van der Waals surface area contributed by atoms with Crippen LogP contribution in [0.1, 0.15) is 24.3 Å². The third kappa shape index (κ3) is 2.55. The number of hydrogen-bond donors (Lipinski definition) is 1. The van der Waals surface area contributed by atoms with Crippen molar-refractivity contribution in [1.29, 1.82) is 0 Å². The van der Waals surface area contributed by atoms with E-state index in [1.165, 1.54) is 18.4 Å². The first-order valence-electron chi connectivity index (χ1n) is 6.84. The van der Waals surface area contributed by atoms with Crippen LogP contribution in [0.2, 0.25) is 0 Å². The fourth-order valence-electron chi connectivity index (χ4n) is 2.87. The highest BCUT2D eigenvalue weighted by Gasteiger charge is 2.21. The largest absolute Gasteiger partial charge is 0.396 e. The summed E-state index contributed by atoms with van der Waals surface area (Å²) < 4.78 is 0. The van der Waals surface area contributed by atoms with Gasteiger partial charge in [-0.2, -0.15) is 0 Å². The molecule has 3 heteroatoms. The molecule has 0 radical (unpaired) electrons. The lowest BCUT2D eigenvalue weighted by atomic mass is 9.89. The number of nitrogens with two attached hydrogens (primary N) is 1. The Morgan fingerprint density at radius 1 is 1.05 bits per heavy atom. The summed E-state index contributed by atoms with van der Waals surface area (Å²) in [5.74, 6) is 0.681. The number of benzene rings is 1. The fraction of sp³-hybridized carbons (Fsp3) is 0.312. The molecule has 3 nitrogen and oxygen atoms in total. The summed E-state index contributed by atoms with van der Waals surface area (Å²) in [4.78, 5) is 6.42. The van der Waals surface area contributed by atoms with E-state index in [2.05, 4.69) is 40.2 Å². The molecule has 1 aromatic carbocycles. The van der Waals surface area contributed by atoms with Gasteiger partial charge in [0.05, 0.1) is 17.6 Å². The van der Waals surface area contributed by atoms with E-state index in [9.17, 15) is 0 Å². The van der Waals surface area contributed by atoms with Gasteiger partial charge in [-0.15, -0.1) is 0 Å². The predicted octanol–water partition coefficient (Wildman–Crippen LogP) is 3.05. The first kappa shape index (κ1) is 12.0. The van der Waals surface area contributed by atoms with Gasteiger partial charge in [0.15, 0.2) is 0 Å². The molecule has 0 saturated carbocycles. The van der Waals surface area contributed by atoms with Crippen molar-refractivity contribution in [2.75, 3.05) is 23.7 Å². The molecule has 0 unspecified atom stereocenters. The lowest BCUT2D eigenvalue weighted by Crippen LogP contribution is -2.33. The van der Waals surface area contributed by atoms with Crippen LogP contribution in [0, 0.1) is 0 Å². The molecule has 3 rings (SSSR count). The highest BCUT2D eigenvalue weighted by Crippen LogP contribution is 2.31. The van der Waals surface area contributed by atoms with Gasteiger partial charge < -0.3 is 10.6 Å². The van der Waals surface area contributed by atoms with Crippen molar-refractivity contribution in [3.63, 3.8) is 0 Å². The number of rotatable bonds is 2. The van der Waals surface area contributed by atoms with Crippen molar-refractivity contribution in [1.82, 2.24) is 4.98 Å². The number of aromatic nitrogens is 1. The lowest BCUT2D eigenvalue weighted by molar-refractivity contribution is 0.506. The van der Waals surface area contributed by atoms with Crippen molar-refractivity contribution < 1.29 is 0 Å². The number of piperidine rings is 1. The van der Waals surface area contributed by atoms with Gasteiger partial charge in [0.2, 0.25) is 0 Å². The number of nitrogen functional groups attached to an aromatic ring is 1. The van der Waals surface area contributed by atoms with Crippen LogP contribution in [-0.2, 0) is 0 Å². The van der Waals surface area contributed by atoms with E-state index in [4.69, 9.17) is 5.73 Å². The molecule has 2 aromatic rings. The highest BCUT2D eigenvalue weighted by atomic mass is 15.1. The molecule has 0 atom stereocenters. The van der Waals surface area contributed by atoms with Crippen LogP contribution in [0.25, 0.3) is 0 Å². The molecule has 0 bridgehead atoms. The molecule has 1 aromatic heterocycles. The van der Waals surface area contributed by atoms with Gasteiger partial charge in [0.25, 0.3) is 0 Å². The zero-order chi connectivity index (χ0) is 13.1. The topological polar surface area (TPSA) is 42.1 Å². The fourth-order valence-corrected chi connectivity index (χ4v) is 2.87. The first-order chi connectivity index (χ1) is 9.34. The van der Waals surface area contributed by atoms with E-state index in [-0.39, 0.29) is 0 Å². The maximum atomic E-state index is 5.99. The summed E-state index contributed by atoms with van der Waals surface area (Å²) in [5.41, 5.74) is 9.36. The molecule has 1 aliphatic rings. The monoisotopic (exact) mass is 253 g/mol. The van der Waals surface area contributed by atoms with E-state index in [1.54, 1.807) is 6.20 Å². The van der Waals surface area contributed by atoms with Crippen molar-refractivity contribution in [3.05, 3.63) is 54.4 Å². The summed E-state index contributed by atoms with van der Waals surface area (Å²) in [6, 6.07) is 12.8. The third-order valence-electron chi connectivity index (χ3n) is 3.93. The maximum Gasteiger partial charge on any atom is 0.0738 e. The van der Waals surface area contributed by atoms with Gasteiger partial charge in [0.1, 0.15) is 0 Å². The summed E-state index contributed by atoms with van der Waals surface area (Å²) >= 11 is 0. The van der Waals surface area contributed by atoms with E-state index in [0.29, 0.717) is 5.92 Å². The Labute approximate surface area is 114 Å². The van der Waals surface area contributed by atoms with Crippen LogP contribution in [0.4, 0.5) is 11.4 Å². The molecule has 1 saturated heterocycles. The molecule has 0 aliphatic carbocycles. The van der Waals surface area contributed by atoms with Crippen LogP contribution in [0.3, 0.4) is 0 Å². The molecule has 1 aliphatic heterocycles. The second kappa shape index (κ2) is 5.31. The lowest BCUT2D eigenvalue weighted by Gasteiger charge is -2.34. The van der Waals surface area contributed by atoms with E-state index >= 15 is 0 Å². The average Bonchev–Trinajstić information content (AvgIpc) is 2.49. The molecule has 2 N–H and O–H groups in total. The third-order valence-corrected chi connectivity index (χ3v) is 3.93. The van der Waals surface area contributed by atoms with Gasteiger partial charge in [0, 0.05) is 19.3 Å². The zero-order valence-corrected chi connectivity index (χ0v) is 11.0. The smallest absolute Gasteiger partial charge is 0.0738 e. The SMILES string of the molecule is Nc1cnccc1N1CCC(c2ccccc2)CC1. The number of nitrogens with zero attached hydrogens (tertiary/aromatic N) is 2. The molecule has 0 amide bonds. The first-order valence-corrected chi connectivity index (χ1v) is 6.84. The highest BCUT2D eigenvalue weighted by molar-refractivity contribution is 5.66. The maximum absolute atomic E-state index is 5.99. The Kier molecular flexibility index (Phi) is 3.36. The summed E-state index contributed by atoms with van der Waals surface area (Å²) in [6.45, 7) is 2.13. The molecule has 0 spiro atoms. The quantitative estimate of drug-likeness (QED) is 0.894. The van der Waals surface area contributed by atoms with Crippen LogP contribution >= 0.6 is 0 Å². The van der Waals surface area contributed by atoms with Crippen molar-refractivity contribution in [3.8, 4) is 0 Å². The molecule has 19 heavy (non-hydrogen) atoms. The van der Waals surface area contributed by atoms with E-state index in [1.807, 2.05) is 12.3 Å². The van der Waals surface area contributed by atoms with Crippen LogP contribution in [-0.4, -0.2) is 18.1 Å². The van der Waals surface area contributed by atoms with Crippen molar-refractivity contribution in [2.24, 2.45) is 0 Å². The Bertz CT molecular complexity index is 531. The summed E-state index contributed by atoms with van der Waals surface area (Å²) in [7, 11) is 0. The minimum atomic E-state index is 0.681. The predicted molar refractivity (Wildman–Crippen MR) is 79.3 cm³/mol. The molecule has 2 heterocycles. The second-order valence-electron chi connectivity index (χ2n) is 5.11. The van der Waals surface area contributed by atoms with E-state index < -0.39 is 0 Å². The van der Waals surface area contributed by atoms with Crippen LogP contribution in [0.15, 0.2) is 48.8 Å². The standard InChI is InChI=1S/C16H19N3/c17-15-12-18-9-6-16(15)19-10-7-14(8-11-19)13-4-2-1-3-5-13/h1-6,9,12,14H,7-8,10-11,17H2. The van der Waals surface area contributed by atoms with Gasteiger partial charge in [-0.3, -0.25) is 4.98 Å². The Morgan fingerprint density at radius 3 is 2.47 bits per heavy atom. The Balaban J connectivity index is 1.69. The molecule has 98 valence electrons. The summed E-state index contributed by atoms with van der Waals surface area (Å²) in [6.07, 6.45) is 5.92. The molecule has 1 fully saturated rings. The van der Waals surface area contributed by atoms with Crippen LogP contribution in [0.5, 0.6) is 0 Å². The van der Waals surface area contributed by atoms with Gasteiger partial charge >= 0.3 is 0 Å². The number of pyridine rings is 1. The van der Waals surface area contributed by atoms with Crippen molar-refractivity contribution in [2.45, 2.75) is 18.8 Å². The zero-order valence-electron chi connectivity index (χ0n) is 11.0. The second-order valence-corrected chi connectivity index (χ2v) is 5.11. The average molecular weight is 253 g/mol. The number of anilines is 2. The molecular weight excluding hydrogens is 234 g/mol. The van der Waals surface area contributed by atoms with Gasteiger partial charge in [-0.05, 0) is 30.4 Å². The minimum absolute atomic E-state index is 0.681. The normalized spacial score (nSPS) is 16.5. The van der Waals surface area contributed by atoms with Gasteiger partial charge in [-0.25, -0.2) is 0 Å². The Morgan fingerprint density at radius 2 is 1.79 bits per heavy atom. The van der Waals surface area contributed by atoms with Crippen molar-refractivity contribution >= 4 is 11.4 Å². The van der Waals surface area contributed by atoms with Crippen LogP contribution < -0.4 is 10.6 Å². The van der Waals surface area contributed by atoms with Gasteiger partial charge in [-0.1, -0.05) is 30.3 Å². The summed E-state index contributed by atoms with van der Waals surface area (Å²) in [5, 5.41) is 0. The molecular formula is C16H19N3. The number of hydrogen-bond acceptors (Lipinski definition) is 3. The van der Waals surface area contributed by atoms with E-state index in [0.717, 1.165) is 24.5 Å².